The zero-order chi connectivity index (χ0) is 27.6. The molecule has 39 heavy (non-hydrogen) atoms. The minimum absolute atomic E-state index is 0.129. The number of imide groups is 2. The first-order valence-corrected chi connectivity index (χ1v) is 13.3. The van der Waals surface area contributed by atoms with Gasteiger partial charge in [0.05, 0.1) is 40.5 Å². The quantitative estimate of drug-likeness (QED) is 0.434. The average Bonchev–Trinajstić information content (AvgIpc) is 3.32. The third-order valence-electron chi connectivity index (χ3n) is 8.85. The lowest BCUT2D eigenvalue weighted by Gasteiger charge is -2.49. The van der Waals surface area contributed by atoms with Gasteiger partial charge in [-0.3, -0.25) is 24.5 Å². The second-order valence-electron chi connectivity index (χ2n) is 10.8. The molecule has 4 aliphatic rings. The molecule has 2 aliphatic heterocycles. The van der Waals surface area contributed by atoms with Crippen LogP contribution in [0.15, 0.2) is 54.1 Å². The molecule has 6 atom stereocenters. The highest BCUT2D eigenvalue weighted by Gasteiger charge is 2.67. The van der Waals surface area contributed by atoms with Crippen molar-refractivity contribution >= 4 is 40.9 Å². The first-order valence-electron chi connectivity index (χ1n) is 12.9. The highest BCUT2D eigenvalue weighted by molar-refractivity contribution is 6.31. The molecular formula is C29H26ClFN2O6. The number of nitrogens with one attached hydrogen (secondary N) is 1. The van der Waals surface area contributed by atoms with Gasteiger partial charge in [0.15, 0.2) is 0 Å². The van der Waals surface area contributed by atoms with E-state index in [-0.39, 0.29) is 42.2 Å². The zero-order valence-corrected chi connectivity index (χ0v) is 21.8. The molecule has 0 bridgehead atoms. The molecule has 2 N–H and O–H groups in total. The van der Waals surface area contributed by atoms with Crippen molar-refractivity contribution < 1.29 is 33.4 Å². The summed E-state index contributed by atoms with van der Waals surface area (Å²) in [6, 6.07) is 10.9. The molecule has 2 heterocycles. The molecule has 4 amide bonds. The predicted octanol–water partition coefficient (Wildman–Crippen LogP) is 3.37. The van der Waals surface area contributed by atoms with Crippen LogP contribution in [0.1, 0.15) is 31.2 Å². The van der Waals surface area contributed by atoms with E-state index in [2.05, 4.69) is 5.32 Å². The van der Waals surface area contributed by atoms with E-state index >= 15 is 0 Å². The maximum Gasteiger partial charge on any atom is 0.241 e. The summed E-state index contributed by atoms with van der Waals surface area (Å²) in [5.41, 5.74) is 0.601. The molecule has 6 unspecified atom stereocenters. The number of carbonyl (C=O) groups excluding carboxylic acids is 4. The first-order chi connectivity index (χ1) is 18.7. The van der Waals surface area contributed by atoms with Gasteiger partial charge in [0, 0.05) is 5.92 Å². The lowest BCUT2D eigenvalue weighted by atomic mass is 9.51. The van der Waals surface area contributed by atoms with E-state index < -0.39 is 52.6 Å². The van der Waals surface area contributed by atoms with Gasteiger partial charge in [0.25, 0.3) is 0 Å². The minimum Gasteiger partial charge on any atom is -0.491 e. The van der Waals surface area contributed by atoms with Gasteiger partial charge in [0.1, 0.15) is 18.2 Å². The number of allylic oxidation sites excluding steroid dienone is 2. The number of halogens is 2. The number of hydrogen-bond acceptors (Lipinski definition) is 6. The number of amides is 4. The van der Waals surface area contributed by atoms with Gasteiger partial charge in [-0.15, -0.1) is 0 Å². The number of carbonyl (C=O) groups is 4. The van der Waals surface area contributed by atoms with Gasteiger partial charge < -0.3 is 9.84 Å². The summed E-state index contributed by atoms with van der Waals surface area (Å²) < 4.78 is 19.4. The molecule has 0 aromatic heterocycles. The Kier molecular flexibility index (Phi) is 6.11. The van der Waals surface area contributed by atoms with E-state index in [0.717, 1.165) is 22.1 Å². The highest BCUT2D eigenvalue weighted by Crippen LogP contribution is 2.63. The summed E-state index contributed by atoms with van der Waals surface area (Å²) >= 11 is 6.00. The fourth-order valence-corrected chi connectivity index (χ4v) is 7.27. The number of fused-ring (bicyclic) bond motifs is 4. The number of aliphatic hydroxyl groups excluding tert-OH is 1. The van der Waals surface area contributed by atoms with Crippen LogP contribution in [0.25, 0.3) is 0 Å². The van der Waals surface area contributed by atoms with Crippen LogP contribution >= 0.6 is 11.6 Å². The molecule has 6 rings (SSSR count). The number of nitrogens with zero attached hydrogens (tertiary/aromatic N) is 1. The maximum atomic E-state index is 14.2. The van der Waals surface area contributed by atoms with E-state index in [1.54, 1.807) is 19.1 Å². The first kappa shape index (κ1) is 25.7. The van der Waals surface area contributed by atoms with Crippen LogP contribution in [-0.2, 0) is 19.2 Å². The molecule has 0 radical (unpaired) electrons. The van der Waals surface area contributed by atoms with Crippen LogP contribution < -0.4 is 15.0 Å². The lowest BCUT2D eigenvalue weighted by molar-refractivity contribution is -0.131. The molecule has 10 heteroatoms. The standard InChI is InChI=1S/C29H26ClFN2O6/c1-29-20(27(37)33(28(29)38)15-4-9-22(31)21(30)12-15)13-19-17(7-8-18-23(19)26(36)32-25(18)35)24(29)14-2-5-16(6-3-14)39-11-10-34/h2-7,9,12,18-20,23-24,34H,8,10-11,13H2,1H3,(H,32,35,36). The largest absolute Gasteiger partial charge is 0.491 e. The van der Waals surface area contributed by atoms with Crippen LogP contribution in [-0.4, -0.2) is 41.9 Å². The van der Waals surface area contributed by atoms with E-state index in [1.807, 2.05) is 18.2 Å². The van der Waals surface area contributed by atoms with Gasteiger partial charge in [0.2, 0.25) is 23.6 Å². The number of rotatable bonds is 5. The smallest absolute Gasteiger partial charge is 0.241 e. The van der Waals surface area contributed by atoms with Crippen LogP contribution in [0.3, 0.4) is 0 Å². The molecule has 1 saturated carbocycles. The molecule has 2 saturated heterocycles. The Bertz CT molecular complexity index is 1440. The van der Waals surface area contributed by atoms with Crippen molar-refractivity contribution in [2.75, 3.05) is 18.1 Å². The lowest BCUT2D eigenvalue weighted by Crippen LogP contribution is -2.48. The number of hydrogen-bond donors (Lipinski definition) is 2. The number of benzene rings is 2. The minimum atomic E-state index is -1.21. The van der Waals surface area contributed by atoms with E-state index in [1.165, 1.54) is 12.1 Å². The Morgan fingerprint density at radius 3 is 2.54 bits per heavy atom. The van der Waals surface area contributed by atoms with Crippen molar-refractivity contribution in [1.29, 1.82) is 0 Å². The Morgan fingerprint density at radius 1 is 1.10 bits per heavy atom. The predicted molar refractivity (Wildman–Crippen MR) is 138 cm³/mol. The summed E-state index contributed by atoms with van der Waals surface area (Å²) in [6.45, 7) is 1.76. The van der Waals surface area contributed by atoms with E-state index in [0.29, 0.717) is 12.2 Å². The molecule has 2 aromatic carbocycles. The second kappa shape index (κ2) is 9.27. The second-order valence-corrected chi connectivity index (χ2v) is 11.2. The summed E-state index contributed by atoms with van der Waals surface area (Å²) in [5.74, 6) is -4.54. The average molecular weight is 553 g/mol. The van der Waals surface area contributed by atoms with E-state index in [9.17, 15) is 23.6 Å². The van der Waals surface area contributed by atoms with Crippen LogP contribution in [0.5, 0.6) is 5.75 Å². The van der Waals surface area contributed by atoms with Gasteiger partial charge in [-0.1, -0.05) is 35.4 Å². The molecule has 2 aliphatic carbocycles. The monoisotopic (exact) mass is 552 g/mol. The Labute approximate surface area is 228 Å². The van der Waals surface area contributed by atoms with Crippen molar-refractivity contribution in [1.82, 2.24) is 5.32 Å². The Balaban J connectivity index is 1.48. The van der Waals surface area contributed by atoms with Crippen molar-refractivity contribution in [2.24, 2.45) is 29.1 Å². The fraction of sp³-hybridized carbons (Fsp3) is 0.379. The molecule has 3 fully saturated rings. The van der Waals surface area contributed by atoms with E-state index in [4.69, 9.17) is 21.4 Å². The van der Waals surface area contributed by atoms with Gasteiger partial charge in [-0.2, -0.15) is 0 Å². The third-order valence-corrected chi connectivity index (χ3v) is 9.14. The van der Waals surface area contributed by atoms with Crippen molar-refractivity contribution in [2.45, 2.75) is 25.7 Å². The zero-order valence-electron chi connectivity index (χ0n) is 21.0. The number of aliphatic hydroxyl groups is 1. The summed E-state index contributed by atoms with van der Waals surface area (Å²) in [5, 5.41) is 11.3. The Morgan fingerprint density at radius 2 is 1.85 bits per heavy atom. The summed E-state index contributed by atoms with van der Waals surface area (Å²) in [6.07, 6.45) is 2.55. The van der Waals surface area contributed by atoms with Crippen molar-refractivity contribution in [3.05, 3.63) is 70.5 Å². The highest BCUT2D eigenvalue weighted by atomic mass is 35.5. The summed E-state index contributed by atoms with van der Waals surface area (Å²) in [7, 11) is 0. The fourth-order valence-electron chi connectivity index (χ4n) is 7.10. The molecular weight excluding hydrogens is 527 g/mol. The normalized spacial score (nSPS) is 31.4. The molecule has 2 aromatic rings. The number of anilines is 1. The Hall–Kier alpha value is -3.56. The van der Waals surface area contributed by atoms with Gasteiger partial charge in [-0.05, 0) is 61.6 Å². The van der Waals surface area contributed by atoms with Crippen molar-refractivity contribution in [3.8, 4) is 5.75 Å². The molecule has 8 nitrogen and oxygen atoms in total. The SMILES string of the molecule is CC12C(=O)N(c3ccc(F)c(Cl)c3)C(=O)C1CC1C(=CCC3C(=O)NC(=O)C31)C2c1ccc(OCCO)cc1. The van der Waals surface area contributed by atoms with Crippen molar-refractivity contribution in [3.63, 3.8) is 0 Å². The van der Waals surface area contributed by atoms with Crippen LogP contribution in [0.2, 0.25) is 5.02 Å². The maximum absolute atomic E-state index is 14.2. The topological polar surface area (TPSA) is 113 Å². The van der Waals surface area contributed by atoms with Gasteiger partial charge in [-0.25, -0.2) is 9.29 Å². The molecule has 0 spiro atoms. The van der Waals surface area contributed by atoms with Crippen LogP contribution in [0.4, 0.5) is 10.1 Å². The van der Waals surface area contributed by atoms with Gasteiger partial charge >= 0.3 is 0 Å². The summed E-state index contributed by atoms with van der Waals surface area (Å²) in [4.78, 5) is 54.7. The molecule has 202 valence electrons. The number of ether oxygens (including phenoxy) is 1. The third kappa shape index (κ3) is 3.74. The van der Waals surface area contributed by atoms with Crippen LogP contribution in [0, 0.1) is 34.9 Å².